The molecule has 2 N–H and O–H groups in total. The van der Waals surface area contributed by atoms with Crippen molar-refractivity contribution in [3.05, 3.63) is 30.1 Å². The molecule has 4 nitrogen and oxygen atoms in total. The lowest BCUT2D eigenvalue weighted by atomic mass is 10.2. The van der Waals surface area contributed by atoms with E-state index >= 15 is 0 Å². The third-order valence-corrected chi connectivity index (χ3v) is 2.97. The maximum atomic E-state index is 4.37. The van der Waals surface area contributed by atoms with Crippen LogP contribution in [0.4, 0.5) is 0 Å². The summed E-state index contributed by atoms with van der Waals surface area (Å²) < 4.78 is 2.04. The van der Waals surface area contributed by atoms with Gasteiger partial charge in [0.05, 0.1) is 17.4 Å². The summed E-state index contributed by atoms with van der Waals surface area (Å²) in [5.41, 5.74) is 3.53. The van der Waals surface area contributed by atoms with Gasteiger partial charge in [-0.3, -0.25) is 0 Å². The predicted molar refractivity (Wildman–Crippen MR) is 75.6 cm³/mol. The summed E-state index contributed by atoms with van der Waals surface area (Å²) in [5.74, 6) is 0. The number of imidazole rings is 1. The lowest BCUT2D eigenvalue weighted by molar-refractivity contribution is 0.556. The van der Waals surface area contributed by atoms with Crippen LogP contribution in [0.2, 0.25) is 0 Å². The number of benzene rings is 1. The van der Waals surface area contributed by atoms with E-state index in [-0.39, 0.29) is 0 Å². The molecule has 1 aromatic heterocycles. The molecule has 0 amide bonds. The molecule has 0 saturated carbocycles. The van der Waals surface area contributed by atoms with Gasteiger partial charge in [0.25, 0.3) is 0 Å². The molecule has 0 fully saturated rings. The zero-order valence-electron chi connectivity index (χ0n) is 11.4. The van der Waals surface area contributed by atoms with Crippen molar-refractivity contribution in [2.24, 2.45) is 7.05 Å². The molecule has 0 radical (unpaired) electrons. The van der Waals surface area contributed by atoms with Crippen LogP contribution in [0.1, 0.15) is 19.4 Å². The van der Waals surface area contributed by atoms with Crippen molar-refractivity contribution in [1.29, 1.82) is 0 Å². The Kier molecular flexibility index (Phi) is 4.33. The molecular formula is C14H22N4. The monoisotopic (exact) mass is 246 g/mol. The zero-order chi connectivity index (χ0) is 13.0. The average Bonchev–Trinajstić information content (AvgIpc) is 2.70. The summed E-state index contributed by atoms with van der Waals surface area (Å²) in [6.07, 6.45) is 1.86. The number of hydrogen-bond donors (Lipinski definition) is 2. The van der Waals surface area contributed by atoms with Gasteiger partial charge >= 0.3 is 0 Å². The van der Waals surface area contributed by atoms with E-state index in [1.54, 1.807) is 0 Å². The minimum Gasteiger partial charge on any atom is -0.334 e. The standard InChI is InChI=1S/C14H22N4/c1-11(2)16-7-6-15-9-12-4-5-14-13(8-12)17-10-18(14)3/h4-5,8,10-11,15-16H,6-7,9H2,1-3H3. The highest BCUT2D eigenvalue weighted by Gasteiger charge is 2.00. The Morgan fingerprint density at radius 2 is 2.11 bits per heavy atom. The molecule has 0 aliphatic heterocycles. The molecule has 1 heterocycles. The Hall–Kier alpha value is -1.39. The highest BCUT2D eigenvalue weighted by atomic mass is 15.0. The number of aromatic nitrogens is 2. The highest BCUT2D eigenvalue weighted by Crippen LogP contribution is 2.13. The van der Waals surface area contributed by atoms with Gasteiger partial charge in [-0.2, -0.15) is 0 Å². The van der Waals surface area contributed by atoms with E-state index in [0.29, 0.717) is 6.04 Å². The minimum absolute atomic E-state index is 0.552. The van der Waals surface area contributed by atoms with E-state index in [4.69, 9.17) is 0 Å². The second kappa shape index (κ2) is 5.98. The van der Waals surface area contributed by atoms with Gasteiger partial charge in [-0.05, 0) is 17.7 Å². The van der Waals surface area contributed by atoms with Crippen molar-refractivity contribution in [2.45, 2.75) is 26.4 Å². The van der Waals surface area contributed by atoms with Crippen LogP contribution in [0.15, 0.2) is 24.5 Å². The lowest BCUT2D eigenvalue weighted by Crippen LogP contribution is -2.31. The van der Waals surface area contributed by atoms with Gasteiger partial charge in [0.1, 0.15) is 0 Å². The number of aryl methyl sites for hydroxylation is 1. The van der Waals surface area contributed by atoms with E-state index in [9.17, 15) is 0 Å². The fourth-order valence-corrected chi connectivity index (χ4v) is 1.97. The number of nitrogens with zero attached hydrogens (tertiary/aromatic N) is 2. The van der Waals surface area contributed by atoms with Crippen LogP contribution in [0.3, 0.4) is 0 Å². The Balaban J connectivity index is 1.84. The van der Waals surface area contributed by atoms with E-state index < -0.39 is 0 Å². The largest absolute Gasteiger partial charge is 0.334 e. The molecule has 4 heteroatoms. The van der Waals surface area contributed by atoms with Crippen LogP contribution in [-0.4, -0.2) is 28.7 Å². The van der Waals surface area contributed by atoms with Gasteiger partial charge in [0.2, 0.25) is 0 Å². The molecule has 98 valence electrons. The molecule has 0 saturated heterocycles. The first-order valence-electron chi connectivity index (χ1n) is 6.51. The molecule has 0 spiro atoms. The van der Waals surface area contributed by atoms with E-state index in [1.165, 1.54) is 11.1 Å². The first kappa shape index (κ1) is 13.1. The van der Waals surface area contributed by atoms with Crippen molar-refractivity contribution in [3.63, 3.8) is 0 Å². The molecule has 0 aliphatic carbocycles. The third kappa shape index (κ3) is 3.31. The fourth-order valence-electron chi connectivity index (χ4n) is 1.97. The summed E-state index contributed by atoms with van der Waals surface area (Å²) in [4.78, 5) is 4.37. The average molecular weight is 246 g/mol. The van der Waals surface area contributed by atoms with Crippen molar-refractivity contribution >= 4 is 11.0 Å². The number of fused-ring (bicyclic) bond motifs is 1. The van der Waals surface area contributed by atoms with Gasteiger partial charge in [-0.1, -0.05) is 19.9 Å². The maximum absolute atomic E-state index is 4.37. The van der Waals surface area contributed by atoms with Crippen LogP contribution >= 0.6 is 0 Å². The lowest BCUT2D eigenvalue weighted by Gasteiger charge is -2.09. The first-order chi connectivity index (χ1) is 8.66. The summed E-state index contributed by atoms with van der Waals surface area (Å²) in [7, 11) is 2.02. The smallest absolute Gasteiger partial charge is 0.0955 e. The van der Waals surface area contributed by atoms with E-state index in [2.05, 4.69) is 47.7 Å². The summed E-state index contributed by atoms with van der Waals surface area (Å²) >= 11 is 0. The molecule has 2 rings (SSSR count). The zero-order valence-corrected chi connectivity index (χ0v) is 11.4. The number of nitrogens with one attached hydrogen (secondary N) is 2. The van der Waals surface area contributed by atoms with Gasteiger partial charge < -0.3 is 15.2 Å². The quantitative estimate of drug-likeness (QED) is 0.762. The van der Waals surface area contributed by atoms with Crippen LogP contribution in [0.25, 0.3) is 11.0 Å². The Bertz CT molecular complexity index is 501. The van der Waals surface area contributed by atoms with Gasteiger partial charge in [0, 0.05) is 32.7 Å². The Morgan fingerprint density at radius 1 is 1.28 bits per heavy atom. The normalized spacial score (nSPS) is 11.6. The maximum Gasteiger partial charge on any atom is 0.0955 e. The molecule has 0 unspecified atom stereocenters. The third-order valence-electron chi connectivity index (χ3n) is 2.97. The van der Waals surface area contributed by atoms with Crippen LogP contribution in [-0.2, 0) is 13.6 Å². The van der Waals surface area contributed by atoms with Gasteiger partial charge in [0.15, 0.2) is 0 Å². The molecule has 1 aromatic carbocycles. The SMILES string of the molecule is CC(C)NCCNCc1ccc2c(c1)ncn2C. The second-order valence-electron chi connectivity index (χ2n) is 4.96. The van der Waals surface area contributed by atoms with Crippen LogP contribution < -0.4 is 10.6 Å². The van der Waals surface area contributed by atoms with Crippen LogP contribution in [0, 0.1) is 0 Å². The minimum atomic E-state index is 0.552. The topological polar surface area (TPSA) is 41.9 Å². The van der Waals surface area contributed by atoms with Crippen molar-refractivity contribution in [1.82, 2.24) is 20.2 Å². The molecule has 0 bridgehead atoms. The fraction of sp³-hybridized carbons (Fsp3) is 0.500. The number of rotatable bonds is 6. The van der Waals surface area contributed by atoms with Crippen molar-refractivity contribution < 1.29 is 0 Å². The number of hydrogen-bond acceptors (Lipinski definition) is 3. The molecule has 18 heavy (non-hydrogen) atoms. The van der Waals surface area contributed by atoms with Crippen LogP contribution in [0.5, 0.6) is 0 Å². The highest BCUT2D eigenvalue weighted by molar-refractivity contribution is 5.75. The second-order valence-corrected chi connectivity index (χ2v) is 4.96. The Labute approximate surface area is 108 Å². The molecule has 2 aromatic rings. The Morgan fingerprint density at radius 3 is 2.89 bits per heavy atom. The molecular weight excluding hydrogens is 224 g/mol. The van der Waals surface area contributed by atoms with E-state index in [0.717, 1.165) is 25.2 Å². The summed E-state index contributed by atoms with van der Waals surface area (Å²) in [6.45, 7) is 7.21. The predicted octanol–water partition coefficient (Wildman–Crippen LogP) is 1.66. The van der Waals surface area contributed by atoms with Gasteiger partial charge in [-0.15, -0.1) is 0 Å². The molecule has 0 atom stereocenters. The van der Waals surface area contributed by atoms with Gasteiger partial charge in [-0.25, -0.2) is 4.98 Å². The van der Waals surface area contributed by atoms with E-state index in [1.807, 2.05) is 17.9 Å². The van der Waals surface area contributed by atoms with Crippen molar-refractivity contribution in [2.75, 3.05) is 13.1 Å². The molecule has 0 aliphatic rings. The first-order valence-corrected chi connectivity index (χ1v) is 6.51. The summed E-state index contributed by atoms with van der Waals surface area (Å²) in [5, 5.41) is 6.82. The van der Waals surface area contributed by atoms with Crippen molar-refractivity contribution in [3.8, 4) is 0 Å². The summed E-state index contributed by atoms with van der Waals surface area (Å²) in [6, 6.07) is 6.99.